The molecule has 1 unspecified atom stereocenters. The highest BCUT2D eigenvalue weighted by molar-refractivity contribution is 5.94. The lowest BCUT2D eigenvalue weighted by atomic mass is 10.1. The Labute approximate surface area is 150 Å². The number of nitrogens with one attached hydrogen (secondary N) is 1. The summed E-state index contributed by atoms with van der Waals surface area (Å²) >= 11 is 0. The predicted molar refractivity (Wildman–Crippen MR) is 100 cm³/mol. The van der Waals surface area contributed by atoms with E-state index >= 15 is 0 Å². The number of hydrogen-bond acceptors (Lipinski definition) is 3. The minimum Gasteiger partial charge on any atom is -0.348 e. The molecule has 0 aliphatic heterocycles. The number of aryl methyl sites for hydroxylation is 2. The van der Waals surface area contributed by atoms with E-state index in [1.165, 1.54) is 0 Å². The fraction of sp³-hybridized carbons (Fsp3) is 0.444. The summed E-state index contributed by atoms with van der Waals surface area (Å²) in [5, 5.41) is 7.46. The summed E-state index contributed by atoms with van der Waals surface area (Å²) in [5.41, 5.74) is 9.38. The number of hydrogen-bond donors (Lipinski definition) is 2. The molecule has 0 aliphatic carbocycles. The minimum atomic E-state index is -0.0727. The molecule has 6 heteroatoms. The Balaban J connectivity index is 0.00000288. The van der Waals surface area contributed by atoms with E-state index in [2.05, 4.69) is 17.3 Å². The Hall–Kier alpha value is -1.85. The number of benzene rings is 1. The Morgan fingerprint density at radius 3 is 2.46 bits per heavy atom. The van der Waals surface area contributed by atoms with Crippen LogP contribution in [-0.2, 0) is 0 Å². The summed E-state index contributed by atoms with van der Waals surface area (Å²) in [7, 11) is 0. The Morgan fingerprint density at radius 2 is 1.96 bits per heavy atom. The zero-order chi connectivity index (χ0) is 16.8. The van der Waals surface area contributed by atoms with Crippen molar-refractivity contribution < 1.29 is 4.79 Å². The van der Waals surface area contributed by atoms with Crippen molar-refractivity contribution in [3.05, 3.63) is 47.3 Å². The van der Waals surface area contributed by atoms with Crippen molar-refractivity contribution in [2.24, 2.45) is 5.73 Å². The summed E-state index contributed by atoms with van der Waals surface area (Å²) in [6, 6.07) is 9.55. The topological polar surface area (TPSA) is 72.9 Å². The van der Waals surface area contributed by atoms with Crippen LogP contribution in [0.15, 0.2) is 30.3 Å². The van der Waals surface area contributed by atoms with Gasteiger partial charge in [-0.3, -0.25) is 4.79 Å². The first-order chi connectivity index (χ1) is 11.0. The van der Waals surface area contributed by atoms with Gasteiger partial charge in [0.15, 0.2) is 0 Å². The Kier molecular flexibility index (Phi) is 7.95. The first-order valence-electron chi connectivity index (χ1n) is 8.19. The third-order valence-electron chi connectivity index (χ3n) is 3.91. The molecule has 0 aliphatic rings. The largest absolute Gasteiger partial charge is 0.348 e. The van der Waals surface area contributed by atoms with Gasteiger partial charge in [-0.15, -0.1) is 12.4 Å². The van der Waals surface area contributed by atoms with Gasteiger partial charge in [-0.1, -0.05) is 19.8 Å². The number of nitrogens with two attached hydrogens (primary N) is 1. The van der Waals surface area contributed by atoms with Crippen LogP contribution < -0.4 is 11.1 Å². The second-order valence-corrected chi connectivity index (χ2v) is 5.93. The molecule has 0 spiro atoms. The molecule has 0 bridgehead atoms. The van der Waals surface area contributed by atoms with E-state index in [1.54, 1.807) is 0 Å². The van der Waals surface area contributed by atoms with Gasteiger partial charge in [0.1, 0.15) is 0 Å². The van der Waals surface area contributed by atoms with Gasteiger partial charge in [-0.05, 0) is 50.6 Å². The summed E-state index contributed by atoms with van der Waals surface area (Å²) in [5.74, 6) is -0.0727. The summed E-state index contributed by atoms with van der Waals surface area (Å²) in [6.45, 7) is 6.58. The Morgan fingerprint density at radius 1 is 1.29 bits per heavy atom. The van der Waals surface area contributed by atoms with Crippen LogP contribution >= 0.6 is 12.4 Å². The van der Waals surface area contributed by atoms with Gasteiger partial charge < -0.3 is 11.1 Å². The van der Waals surface area contributed by atoms with Crippen molar-refractivity contribution in [3.63, 3.8) is 0 Å². The summed E-state index contributed by atoms with van der Waals surface area (Å²) in [4.78, 5) is 12.3. The fourth-order valence-corrected chi connectivity index (χ4v) is 2.61. The van der Waals surface area contributed by atoms with Gasteiger partial charge >= 0.3 is 0 Å². The van der Waals surface area contributed by atoms with Gasteiger partial charge in [-0.2, -0.15) is 5.10 Å². The molecule has 1 aromatic heterocycles. The highest BCUT2D eigenvalue weighted by atomic mass is 35.5. The molecule has 3 N–H and O–H groups in total. The molecular formula is C18H27ClN4O. The average molecular weight is 351 g/mol. The lowest BCUT2D eigenvalue weighted by Gasteiger charge is -2.16. The molecule has 0 saturated carbocycles. The highest BCUT2D eigenvalue weighted by Gasteiger charge is 2.12. The third kappa shape index (κ3) is 5.08. The maximum absolute atomic E-state index is 12.3. The van der Waals surface area contributed by atoms with E-state index in [4.69, 9.17) is 5.73 Å². The van der Waals surface area contributed by atoms with Crippen LogP contribution in [0.3, 0.4) is 0 Å². The van der Waals surface area contributed by atoms with Crippen molar-refractivity contribution in [2.75, 3.05) is 6.54 Å². The van der Waals surface area contributed by atoms with E-state index in [9.17, 15) is 4.79 Å². The van der Waals surface area contributed by atoms with Gasteiger partial charge in [-0.25, -0.2) is 4.68 Å². The molecule has 5 nitrogen and oxygen atoms in total. The van der Waals surface area contributed by atoms with E-state index in [-0.39, 0.29) is 24.4 Å². The molecule has 0 radical (unpaired) electrons. The molecule has 0 saturated heterocycles. The Bertz CT molecular complexity index is 652. The maximum Gasteiger partial charge on any atom is 0.251 e. The summed E-state index contributed by atoms with van der Waals surface area (Å²) in [6.07, 6.45) is 3.09. The number of halogens is 1. The molecule has 0 fully saturated rings. The number of carbonyl (C=O) groups is 1. The van der Waals surface area contributed by atoms with Crippen LogP contribution in [0, 0.1) is 13.8 Å². The van der Waals surface area contributed by atoms with Crippen molar-refractivity contribution in [2.45, 2.75) is 46.1 Å². The second-order valence-electron chi connectivity index (χ2n) is 5.93. The van der Waals surface area contributed by atoms with Crippen molar-refractivity contribution in [3.8, 4) is 5.69 Å². The third-order valence-corrected chi connectivity index (χ3v) is 3.91. The fourth-order valence-electron chi connectivity index (χ4n) is 2.61. The minimum absolute atomic E-state index is 0. The van der Waals surface area contributed by atoms with Crippen LogP contribution in [-0.4, -0.2) is 28.3 Å². The zero-order valence-electron chi connectivity index (χ0n) is 14.6. The lowest BCUT2D eigenvalue weighted by Crippen LogP contribution is -2.40. The summed E-state index contributed by atoms with van der Waals surface area (Å²) < 4.78 is 1.88. The van der Waals surface area contributed by atoms with Crippen LogP contribution in [0.5, 0.6) is 0 Å². The van der Waals surface area contributed by atoms with E-state index < -0.39 is 0 Å². The smallest absolute Gasteiger partial charge is 0.251 e. The van der Waals surface area contributed by atoms with Crippen LogP contribution in [0.25, 0.3) is 5.69 Å². The number of amides is 1. The molecule has 2 rings (SSSR count). The van der Waals surface area contributed by atoms with E-state index in [1.807, 2.05) is 48.9 Å². The normalized spacial score (nSPS) is 11.7. The van der Waals surface area contributed by atoms with E-state index in [0.717, 1.165) is 36.3 Å². The molecule has 1 amide bonds. The second kappa shape index (κ2) is 9.45. The van der Waals surface area contributed by atoms with Gasteiger partial charge in [0.05, 0.1) is 11.4 Å². The first-order valence-corrected chi connectivity index (χ1v) is 8.19. The predicted octanol–water partition coefficient (Wildman–Crippen LogP) is 3.16. The SMILES string of the molecule is CCCCC(CN)NC(=O)c1ccc(-n2nc(C)cc2C)cc1.Cl. The average Bonchev–Trinajstić information content (AvgIpc) is 2.89. The lowest BCUT2D eigenvalue weighted by molar-refractivity contribution is 0.0936. The maximum atomic E-state index is 12.3. The number of carbonyl (C=O) groups excluding carboxylic acids is 1. The number of nitrogens with zero attached hydrogens (tertiary/aromatic N) is 2. The van der Waals surface area contributed by atoms with Crippen LogP contribution in [0.1, 0.15) is 47.9 Å². The van der Waals surface area contributed by atoms with Gasteiger partial charge in [0.2, 0.25) is 0 Å². The van der Waals surface area contributed by atoms with Gasteiger partial charge in [0, 0.05) is 23.8 Å². The molecular weight excluding hydrogens is 324 g/mol. The zero-order valence-corrected chi connectivity index (χ0v) is 15.4. The highest BCUT2D eigenvalue weighted by Crippen LogP contribution is 2.13. The quantitative estimate of drug-likeness (QED) is 0.805. The molecule has 1 aromatic carbocycles. The van der Waals surface area contributed by atoms with Crippen molar-refractivity contribution in [1.82, 2.24) is 15.1 Å². The first kappa shape index (κ1) is 20.2. The molecule has 1 heterocycles. The number of aromatic nitrogens is 2. The van der Waals surface area contributed by atoms with Crippen molar-refractivity contribution in [1.29, 1.82) is 0 Å². The monoisotopic (exact) mass is 350 g/mol. The van der Waals surface area contributed by atoms with Crippen molar-refractivity contribution >= 4 is 18.3 Å². The molecule has 1 atom stereocenters. The molecule has 24 heavy (non-hydrogen) atoms. The van der Waals surface area contributed by atoms with Crippen LogP contribution in [0.2, 0.25) is 0 Å². The number of unbranched alkanes of at least 4 members (excludes halogenated alkanes) is 1. The van der Waals surface area contributed by atoms with Gasteiger partial charge in [0.25, 0.3) is 5.91 Å². The van der Waals surface area contributed by atoms with Crippen LogP contribution in [0.4, 0.5) is 0 Å². The standard InChI is InChI=1S/C18H26N4O.ClH/c1-4-5-6-16(12-19)20-18(23)15-7-9-17(10-8-15)22-14(3)11-13(2)21-22;/h7-11,16H,4-6,12,19H2,1-3H3,(H,20,23);1H. The van der Waals surface area contributed by atoms with E-state index in [0.29, 0.717) is 12.1 Å². The molecule has 2 aromatic rings. The molecule has 132 valence electrons. The number of rotatable bonds is 7.